The van der Waals surface area contributed by atoms with Crippen molar-refractivity contribution in [3.63, 3.8) is 0 Å². The molecule has 1 amide bonds. The number of carbonyl (C=O) groups is 1. The Balaban J connectivity index is 2.21. The second kappa shape index (κ2) is 8.89. The summed E-state index contributed by atoms with van der Waals surface area (Å²) in [4.78, 5) is 16.2. The Bertz CT molecular complexity index is 694. The molecule has 0 atom stereocenters. The molecule has 25 heavy (non-hydrogen) atoms. The van der Waals surface area contributed by atoms with Gasteiger partial charge in [0.1, 0.15) is 11.5 Å². The molecular formula is C20H24N2O3. The molecule has 2 aromatic carbocycles. The van der Waals surface area contributed by atoms with Crippen molar-refractivity contribution in [2.75, 3.05) is 20.6 Å². The van der Waals surface area contributed by atoms with E-state index in [1.165, 1.54) is 6.08 Å². The zero-order chi connectivity index (χ0) is 18.2. The van der Waals surface area contributed by atoms with Gasteiger partial charge >= 0.3 is 0 Å². The van der Waals surface area contributed by atoms with Gasteiger partial charge in [-0.15, -0.1) is 0 Å². The Hall–Kier alpha value is -2.79. The third kappa shape index (κ3) is 5.65. The summed E-state index contributed by atoms with van der Waals surface area (Å²) in [6.07, 6.45) is 3.32. The number of phenols is 2. The number of hydrogen-bond acceptors (Lipinski definition) is 4. The number of para-hydroxylation sites is 2. The van der Waals surface area contributed by atoms with E-state index < -0.39 is 0 Å². The first kappa shape index (κ1) is 18.5. The van der Waals surface area contributed by atoms with Gasteiger partial charge in [-0.05, 0) is 26.2 Å². The van der Waals surface area contributed by atoms with E-state index in [1.54, 1.807) is 47.4 Å². The van der Waals surface area contributed by atoms with E-state index in [0.717, 1.165) is 0 Å². The van der Waals surface area contributed by atoms with E-state index in [1.807, 2.05) is 31.1 Å². The predicted molar refractivity (Wildman–Crippen MR) is 98.2 cm³/mol. The molecule has 0 fully saturated rings. The van der Waals surface area contributed by atoms with Gasteiger partial charge < -0.3 is 20.0 Å². The molecule has 0 radical (unpaired) electrons. The van der Waals surface area contributed by atoms with Crippen molar-refractivity contribution >= 4 is 5.91 Å². The summed E-state index contributed by atoms with van der Waals surface area (Å²) in [6, 6.07) is 13.9. The van der Waals surface area contributed by atoms with E-state index in [2.05, 4.69) is 0 Å². The fraction of sp³-hybridized carbons (Fsp3) is 0.250. The van der Waals surface area contributed by atoms with Crippen LogP contribution in [-0.2, 0) is 17.9 Å². The molecule has 0 bridgehead atoms. The Kier molecular flexibility index (Phi) is 6.60. The summed E-state index contributed by atoms with van der Waals surface area (Å²) in [7, 11) is 3.85. The van der Waals surface area contributed by atoms with Crippen LogP contribution < -0.4 is 0 Å². The summed E-state index contributed by atoms with van der Waals surface area (Å²) >= 11 is 0. The maximum absolute atomic E-state index is 12.6. The fourth-order valence-corrected chi connectivity index (χ4v) is 2.38. The number of amides is 1. The van der Waals surface area contributed by atoms with E-state index >= 15 is 0 Å². The first-order valence-electron chi connectivity index (χ1n) is 8.11. The SMILES string of the molecule is CN(C)C/C=C/C(=O)N(Cc1ccccc1O)Cc1ccccc1O. The van der Waals surface area contributed by atoms with Crippen LogP contribution in [0.5, 0.6) is 11.5 Å². The van der Waals surface area contributed by atoms with Crippen LogP contribution in [0.15, 0.2) is 60.7 Å². The molecule has 0 aliphatic carbocycles. The molecule has 0 aliphatic heterocycles. The normalized spacial score (nSPS) is 11.2. The second-order valence-corrected chi connectivity index (χ2v) is 6.12. The topological polar surface area (TPSA) is 64.0 Å². The minimum atomic E-state index is -0.173. The molecule has 2 N–H and O–H groups in total. The van der Waals surface area contributed by atoms with Crippen LogP contribution >= 0.6 is 0 Å². The molecule has 2 rings (SSSR count). The number of carbonyl (C=O) groups excluding carboxylic acids is 1. The van der Waals surface area contributed by atoms with Crippen LogP contribution in [0.3, 0.4) is 0 Å². The minimum absolute atomic E-state index is 0.148. The molecule has 5 nitrogen and oxygen atoms in total. The molecule has 2 aromatic rings. The first-order chi connectivity index (χ1) is 12.0. The van der Waals surface area contributed by atoms with Crippen LogP contribution in [0.2, 0.25) is 0 Å². The van der Waals surface area contributed by atoms with Crippen LogP contribution in [0, 0.1) is 0 Å². The molecule has 0 aliphatic rings. The fourth-order valence-electron chi connectivity index (χ4n) is 2.38. The molecule has 0 aromatic heterocycles. The van der Waals surface area contributed by atoms with Crippen molar-refractivity contribution in [3.05, 3.63) is 71.8 Å². The lowest BCUT2D eigenvalue weighted by atomic mass is 10.1. The minimum Gasteiger partial charge on any atom is -0.508 e. The van der Waals surface area contributed by atoms with Gasteiger partial charge in [-0.25, -0.2) is 0 Å². The lowest BCUT2D eigenvalue weighted by Crippen LogP contribution is -2.29. The number of rotatable bonds is 7. The van der Waals surface area contributed by atoms with Crippen LogP contribution in [0.1, 0.15) is 11.1 Å². The Labute approximate surface area is 148 Å². The van der Waals surface area contributed by atoms with Gasteiger partial charge in [0.25, 0.3) is 0 Å². The van der Waals surface area contributed by atoms with Crippen molar-refractivity contribution in [1.82, 2.24) is 9.80 Å². The van der Waals surface area contributed by atoms with Crippen molar-refractivity contribution < 1.29 is 15.0 Å². The zero-order valence-electron chi connectivity index (χ0n) is 14.6. The summed E-state index contributed by atoms with van der Waals surface area (Å²) in [6.45, 7) is 1.17. The standard InChI is InChI=1S/C20H24N2O3/c1-21(2)13-7-12-20(25)22(14-16-8-3-5-10-18(16)23)15-17-9-4-6-11-19(17)24/h3-12,23-24H,13-15H2,1-2H3/b12-7+. The maximum Gasteiger partial charge on any atom is 0.246 e. The number of phenolic OH excluding ortho intramolecular Hbond substituents is 2. The number of hydrogen-bond donors (Lipinski definition) is 2. The largest absolute Gasteiger partial charge is 0.508 e. The number of aromatic hydroxyl groups is 2. The molecule has 0 unspecified atom stereocenters. The van der Waals surface area contributed by atoms with Crippen molar-refractivity contribution in [1.29, 1.82) is 0 Å². The van der Waals surface area contributed by atoms with Crippen LogP contribution in [-0.4, -0.2) is 46.6 Å². The monoisotopic (exact) mass is 340 g/mol. The summed E-state index contributed by atoms with van der Waals surface area (Å²) in [5.74, 6) is 0.123. The smallest absolute Gasteiger partial charge is 0.246 e. The average molecular weight is 340 g/mol. The molecule has 0 saturated carbocycles. The lowest BCUT2D eigenvalue weighted by Gasteiger charge is -2.22. The van der Waals surface area contributed by atoms with Gasteiger partial charge in [-0.3, -0.25) is 4.79 Å². The average Bonchev–Trinajstić information content (AvgIpc) is 2.57. The highest BCUT2D eigenvalue weighted by atomic mass is 16.3. The van der Waals surface area contributed by atoms with Crippen LogP contribution in [0.25, 0.3) is 0 Å². The first-order valence-corrected chi connectivity index (χ1v) is 8.11. The summed E-state index contributed by atoms with van der Waals surface area (Å²) in [5, 5.41) is 20.0. The summed E-state index contributed by atoms with van der Waals surface area (Å²) in [5.41, 5.74) is 1.32. The quantitative estimate of drug-likeness (QED) is 0.761. The lowest BCUT2D eigenvalue weighted by molar-refractivity contribution is -0.127. The number of benzene rings is 2. The molecule has 5 heteroatoms. The zero-order valence-corrected chi connectivity index (χ0v) is 14.6. The van der Waals surface area contributed by atoms with E-state index in [-0.39, 0.29) is 30.5 Å². The van der Waals surface area contributed by atoms with E-state index in [4.69, 9.17) is 0 Å². The molecule has 132 valence electrons. The maximum atomic E-state index is 12.6. The Morgan fingerprint density at radius 2 is 1.40 bits per heavy atom. The van der Waals surface area contributed by atoms with Crippen LogP contribution in [0.4, 0.5) is 0 Å². The third-order valence-corrected chi connectivity index (χ3v) is 3.75. The number of nitrogens with zero attached hydrogens (tertiary/aromatic N) is 2. The molecule has 0 heterocycles. The number of likely N-dealkylation sites (N-methyl/N-ethyl adjacent to an activating group) is 1. The highest BCUT2D eigenvalue weighted by Crippen LogP contribution is 2.22. The highest BCUT2D eigenvalue weighted by molar-refractivity contribution is 5.87. The molecular weight excluding hydrogens is 316 g/mol. The van der Waals surface area contributed by atoms with Crippen molar-refractivity contribution in [2.45, 2.75) is 13.1 Å². The Morgan fingerprint density at radius 1 is 0.920 bits per heavy atom. The van der Waals surface area contributed by atoms with Crippen molar-refractivity contribution in [2.24, 2.45) is 0 Å². The molecule has 0 saturated heterocycles. The van der Waals surface area contributed by atoms with Crippen molar-refractivity contribution in [3.8, 4) is 11.5 Å². The predicted octanol–water partition coefficient (Wildman–Crippen LogP) is 2.74. The van der Waals surface area contributed by atoms with Gasteiger partial charge in [0.05, 0.1) is 0 Å². The van der Waals surface area contributed by atoms with Gasteiger partial charge in [0, 0.05) is 36.8 Å². The van der Waals surface area contributed by atoms with Gasteiger partial charge in [-0.1, -0.05) is 42.5 Å². The Morgan fingerprint density at radius 3 is 1.84 bits per heavy atom. The highest BCUT2D eigenvalue weighted by Gasteiger charge is 2.15. The molecule has 0 spiro atoms. The third-order valence-electron chi connectivity index (χ3n) is 3.75. The van der Waals surface area contributed by atoms with E-state index in [9.17, 15) is 15.0 Å². The van der Waals surface area contributed by atoms with Gasteiger partial charge in [0.15, 0.2) is 0 Å². The summed E-state index contributed by atoms with van der Waals surface area (Å²) < 4.78 is 0. The van der Waals surface area contributed by atoms with Gasteiger partial charge in [0.2, 0.25) is 5.91 Å². The van der Waals surface area contributed by atoms with Gasteiger partial charge in [-0.2, -0.15) is 0 Å². The second-order valence-electron chi connectivity index (χ2n) is 6.12. The van der Waals surface area contributed by atoms with E-state index in [0.29, 0.717) is 17.7 Å².